The van der Waals surface area contributed by atoms with E-state index in [0.717, 1.165) is 49.9 Å². The predicted octanol–water partition coefficient (Wildman–Crippen LogP) is 3.31. The van der Waals surface area contributed by atoms with Gasteiger partial charge in [0.2, 0.25) is 0 Å². The fraction of sp³-hybridized carbons (Fsp3) is 0.355. The number of benzene rings is 2. The number of hydrogen-bond donors (Lipinski definition) is 1. The number of aldehydes is 1. The third-order valence-corrected chi connectivity index (χ3v) is 7.75. The van der Waals surface area contributed by atoms with Crippen LogP contribution in [0.2, 0.25) is 0 Å². The first kappa shape index (κ1) is 27.6. The first-order valence-electron chi connectivity index (χ1n) is 13.8. The smallest absolute Gasteiger partial charge is 0.270 e. The Morgan fingerprint density at radius 1 is 0.925 bits per heavy atom. The van der Waals surface area contributed by atoms with E-state index in [-0.39, 0.29) is 35.4 Å². The van der Waals surface area contributed by atoms with Gasteiger partial charge in [-0.3, -0.25) is 24.4 Å². The minimum Gasteiger partial charge on any atom is -0.348 e. The monoisotopic (exact) mass is 543 g/mol. The largest absolute Gasteiger partial charge is 0.348 e. The van der Waals surface area contributed by atoms with Crippen molar-refractivity contribution in [3.05, 3.63) is 101 Å². The van der Waals surface area contributed by atoms with Crippen LogP contribution >= 0.6 is 0 Å². The molecule has 0 radical (unpaired) electrons. The number of carbonyl (C=O) groups excluding carboxylic acids is 3. The quantitative estimate of drug-likeness (QED) is 0.439. The lowest BCUT2D eigenvalue weighted by atomic mass is 10.00. The fourth-order valence-electron chi connectivity index (χ4n) is 5.40. The van der Waals surface area contributed by atoms with Crippen LogP contribution < -0.4 is 5.32 Å². The summed E-state index contributed by atoms with van der Waals surface area (Å²) in [7, 11) is 0. The Kier molecular flexibility index (Phi) is 8.93. The third-order valence-electron chi connectivity index (χ3n) is 7.75. The van der Waals surface area contributed by atoms with Gasteiger partial charge < -0.3 is 15.0 Å². The molecule has 3 aromatic rings. The molecule has 0 bridgehead atoms. The molecule has 1 unspecified atom stereocenters. The summed E-state index contributed by atoms with van der Waals surface area (Å²) in [6.45, 7) is 4.79. The molecule has 5 rings (SSSR count). The molecule has 2 aromatic carbocycles. The van der Waals surface area contributed by atoms with Crippen molar-refractivity contribution in [3.63, 3.8) is 0 Å². The first-order chi connectivity index (χ1) is 19.5. The van der Waals surface area contributed by atoms with E-state index in [1.807, 2.05) is 30.3 Å². The van der Waals surface area contributed by atoms with E-state index in [4.69, 9.17) is 0 Å². The van der Waals surface area contributed by atoms with Crippen LogP contribution in [0.3, 0.4) is 0 Å². The normalized spacial score (nSPS) is 17.8. The molecule has 2 fully saturated rings. The van der Waals surface area contributed by atoms with Crippen LogP contribution in [0.25, 0.3) is 0 Å². The summed E-state index contributed by atoms with van der Waals surface area (Å²) >= 11 is 0. The number of piperidine rings is 1. The van der Waals surface area contributed by atoms with Gasteiger partial charge >= 0.3 is 0 Å². The standard InChI is InChI=1S/C31H34FN5O3/c32-26-9-6-23(7-10-26)21-35-16-18-37(19-17-35)31(40)25-8-11-28(33-20-25)30(39)34-27-12-14-36(15-13-27)29(22-38)24-4-2-1-3-5-24/h1-11,20,22,27,29H,12-19,21H2,(H,34,39). The molecule has 208 valence electrons. The number of nitrogens with zero attached hydrogens (tertiary/aromatic N) is 4. The van der Waals surface area contributed by atoms with Crippen LogP contribution in [0.4, 0.5) is 4.39 Å². The van der Waals surface area contributed by atoms with Crippen molar-refractivity contribution in [1.29, 1.82) is 0 Å². The molecule has 2 aliphatic rings. The second-order valence-corrected chi connectivity index (χ2v) is 10.4. The second kappa shape index (κ2) is 12.9. The minimum absolute atomic E-state index is 0.00105. The Balaban J connectivity index is 1.08. The SMILES string of the molecule is O=CC(c1ccccc1)N1CCC(NC(=O)c2ccc(C(=O)N3CCN(Cc4ccc(F)cc4)CC3)cn2)CC1. The Hall–Kier alpha value is -3.95. The molecule has 0 aliphatic carbocycles. The van der Waals surface area contributed by atoms with E-state index in [9.17, 15) is 18.8 Å². The highest BCUT2D eigenvalue weighted by atomic mass is 19.1. The average molecular weight is 544 g/mol. The second-order valence-electron chi connectivity index (χ2n) is 10.4. The molecule has 2 saturated heterocycles. The maximum absolute atomic E-state index is 13.1. The first-order valence-corrected chi connectivity index (χ1v) is 13.8. The third kappa shape index (κ3) is 6.78. The number of halogens is 1. The number of likely N-dealkylation sites (tertiary alicyclic amines) is 1. The molecule has 9 heteroatoms. The Morgan fingerprint density at radius 3 is 2.25 bits per heavy atom. The number of pyridine rings is 1. The number of hydrogen-bond acceptors (Lipinski definition) is 6. The molecule has 1 N–H and O–H groups in total. The van der Waals surface area contributed by atoms with E-state index in [1.54, 1.807) is 29.2 Å². The summed E-state index contributed by atoms with van der Waals surface area (Å²) < 4.78 is 13.1. The Labute approximate surface area is 233 Å². The van der Waals surface area contributed by atoms with E-state index >= 15 is 0 Å². The van der Waals surface area contributed by atoms with Crippen LogP contribution in [0, 0.1) is 5.82 Å². The highest BCUT2D eigenvalue weighted by molar-refractivity contribution is 5.96. The topological polar surface area (TPSA) is 85.8 Å². The Morgan fingerprint density at radius 2 is 1.62 bits per heavy atom. The van der Waals surface area contributed by atoms with Gasteiger partial charge in [-0.25, -0.2) is 4.39 Å². The van der Waals surface area contributed by atoms with E-state index in [2.05, 4.69) is 20.1 Å². The van der Waals surface area contributed by atoms with Gasteiger partial charge in [-0.05, 0) is 48.2 Å². The van der Waals surface area contributed by atoms with E-state index in [1.165, 1.54) is 18.3 Å². The van der Waals surface area contributed by atoms with Crippen LogP contribution in [0.15, 0.2) is 72.9 Å². The fourth-order valence-corrected chi connectivity index (χ4v) is 5.40. The molecule has 1 aromatic heterocycles. The van der Waals surface area contributed by atoms with Crippen LogP contribution in [0.1, 0.15) is 50.9 Å². The lowest BCUT2D eigenvalue weighted by Gasteiger charge is -2.35. The van der Waals surface area contributed by atoms with Crippen molar-refractivity contribution in [3.8, 4) is 0 Å². The molecular weight excluding hydrogens is 509 g/mol. The van der Waals surface area contributed by atoms with Gasteiger partial charge in [0.15, 0.2) is 0 Å². The molecule has 0 saturated carbocycles. The maximum atomic E-state index is 13.1. The highest BCUT2D eigenvalue weighted by Gasteiger charge is 2.27. The molecule has 8 nitrogen and oxygen atoms in total. The summed E-state index contributed by atoms with van der Waals surface area (Å²) in [5.41, 5.74) is 2.75. The summed E-state index contributed by atoms with van der Waals surface area (Å²) in [4.78, 5) is 48.1. The van der Waals surface area contributed by atoms with Gasteiger partial charge in [0.25, 0.3) is 11.8 Å². The maximum Gasteiger partial charge on any atom is 0.270 e. The molecule has 1 atom stereocenters. The molecule has 3 heterocycles. The summed E-state index contributed by atoms with van der Waals surface area (Å²) in [6, 6.07) is 19.2. The minimum atomic E-state index is -0.276. The van der Waals surface area contributed by atoms with Crippen molar-refractivity contribution >= 4 is 18.1 Å². The van der Waals surface area contributed by atoms with Crippen LogP contribution in [0.5, 0.6) is 0 Å². The van der Waals surface area contributed by atoms with Crippen molar-refractivity contribution < 1.29 is 18.8 Å². The number of nitrogens with one attached hydrogen (secondary N) is 1. The zero-order valence-electron chi connectivity index (χ0n) is 22.4. The highest BCUT2D eigenvalue weighted by Crippen LogP contribution is 2.23. The van der Waals surface area contributed by atoms with Crippen LogP contribution in [-0.4, -0.2) is 83.1 Å². The van der Waals surface area contributed by atoms with Crippen molar-refractivity contribution in [1.82, 2.24) is 25.0 Å². The van der Waals surface area contributed by atoms with Crippen molar-refractivity contribution in [2.24, 2.45) is 0 Å². The van der Waals surface area contributed by atoms with E-state index < -0.39 is 0 Å². The average Bonchev–Trinajstić information content (AvgIpc) is 3.00. The van der Waals surface area contributed by atoms with Crippen molar-refractivity contribution in [2.45, 2.75) is 31.5 Å². The number of piperazine rings is 1. The van der Waals surface area contributed by atoms with Crippen LogP contribution in [-0.2, 0) is 11.3 Å². The van der Waals surface area contributed by atoms with Gasteiger partial charge in [-0.2, -0.15) is 0 Å². The molecular formula is C31H34FN5O3. The predicted molar refractivity (Wildman–Crippen MR) is 149 cm³/mol. The summed E-state index contributed by atoms with van der Waals surface area (Å²) in [5, 5.41) is 3.05. The molecule has 2 aliphatic heterocycles. The number of amides is 2. The molecule has 40 heavy (non-hydrogen) atoms. The Bertz CT molecular complexity index is 1290. The van der Waals surface area contributed by atoms with Gasteiger partial charge in [0.1, 0.15) is 17.8 Å². The number of rotatable bonds is 8. The van der Waals surface area contributed by atoms with Gasteiger partial charge in [0.05, 0.1) is 11.6 Å². The van der Waals surface area contributed by atoms with Gasteiger partial charge in [-0.1, -0.05) is 42.5 Å². The van der Waals surface area contributed by atoms with Gasteiger partial charge in [0, 0.05) is 58.1 Å². The molecule has 2 amide bonds. The van der Waals surface area contributed by atoms with Crippen molar-refractivity contribution in [2.75, 3.05) is 39.3 Å². The summed E-state index contributed by atoms with van der Waals surface area (Å²) in [6.07, 6.45) is 3.94. The lowest BCUT2D eigenvalue weighted by Crippen LogP contribution is -2.48. The number of carbonyl (C=O) groups is 3. The van der Waals surface area contributed by atoms with E-state index in [0.29, 0.717) is 31.7 Å². The van der Waals surface area contributed by atoms with Gasteiger partial charge in [-0.15, -0.1) is 0 Å². The summed E-state index contributed by atoms with van der Waals surface area (Å²) in [5.74, 6) is -0.608. The number of aromatic nitrogens is 1. The zero-order chi connectivity index (χ0) is 27.9. The molecule has 0 spiro atoms. The zero-order valence-corrected chi connectivity index (χ0v) is 22.4. The lowest BCUT2D eigenvalue weighted by molar-refractivity contribution is -0.113.